The summed E-state index contributed by atoms with van der Waals surface area (Å²) in [6, 6.07) is 6.43. The zero-order valence-corrected chi connectivity index (χ0v) is 14.5. The Hall–Kier alpha value is -2.96. The minimum Gasteiger partial charge on any atom is -0.465 e. The van der Waals surface area contributed by atoms with Crippen LogP contribution in [0.3, 0.4) is 0 Å². The Balaban J connectivity index is 1.87. The summed E-state index contributed by atoms with van der Waals surface area (Å²) in [5, 5.41) is 14.0. The summed E-state index contributed by atoms with van der Waals surface area (Å²) in [6.07, 6.45) is 1.75. The van der Waals surface area contributed by atoms with Crippen LogP contribution >= 0.6 is 0 Å². The molecule has 0 saturated heterocycles. The number of halogens is 1. The molecule has 1 aromatic carbocycles. The van der Waals surface area contributed by atoms with Crippen molar-refractivity contribution >= 4 is 17.8 Å². The van der Waals surface area contributed by atoms with E-state index in [0.717, 1.165) is 30.2 Å². The first-order chi connectivity index (χ1) is 12.3. The second-order valence-corrected chi connectivity index (χ2v) is 6.56. The molecule has 3 N–H and O–H groups in total. The van der Waals surface area contributed by atoms with Crippen LogP contribution in [0, 0.1) is 18.7 Å². The molecule has 0 spiro atoms. The van der Waals surface area contributed by atoms with Crippen LogP contribution in [-0.2, 0) is 4.79 Å². The molecule has 0 unspecified atom stereocenters. The Morgan fingerprint density at radius 2 is 2.04 bits per heavy atom. The van der Waals surface area contributed by atoms with Crippen LogP contribution < -0.4 is 10.6 Å². The van der Waals surface area contributed by atoms with Crippen LogP contribution in [0.15, 0.2) is 30.5 Å². The van der Waals surface area contributed by atoms with E-state index in [2.05, 4.69) is 15.6 Å². The Morgan fingerprint density at radius 1 is 1.31 bits per heavy atom. The standard InChI is InChI=1S/C19H20FN3O3/c1-10-7-13(5-6-14(10)11(2)22-19(25)26)15-8-17(21-9-16(15)20)23-18(24)12-3-4-12/h5-9,11-12,22H,3-4H2,1-2H3,(H,25,26)(H,21,23,24)/t11-/m1/s1. The monoisotopic (exact) mass is 357 g/mol. The molecule has 6 nitrogen and oxygen atoms in total. The lowest BCUT2D eigenvalue weighted by molar-refractivity contribution is -0.117. The average Bonchev–Trinajstić information content (AvgIpc) is 3.40. The first-order valence-electron chi connectivity index (χ1n) is 8.42. The normalized spacial score (nSPS) is 14.6. The van der Waals surface area contributed by atoms with Crippen molar-refractivity contribution < 1.29 is 19.1 Å². The first-order valence-corrected chi connectivity index (χ1v) is 8.42. The third kappa shape index (κ3) is 3.99. The molecule has 136 valence electrons. The molecule has 2 aromatic rings. The van der Waals surface area contributed by atoms with Crippen LogP contribution in [0.4, 0.5) is 15.0 Å². The number of carbonyl (C=O) groups is 2. The van der Waals surface area contributed by atoms with Gasteiger partial charge in [-0.2, -0.15) is 0 Å². The lowest BCUT2D eigenvalue weighted by Crippen LogP contribution is -2.24. The summed E-state index contributed by atoms with van der Waals surface area (Å²) in [5.74, 6) is -0.218. The number of nitrogens with zero attached hydrogens (tertiary/aromatic N) is 1. The molecule has 1 aliphatic rings. The number of aromatic nitrogens is 1. The average molecular weight is 357 g/mol. The van der Waals surface area contributed by atoms with Gasteiger partial charge in [-0.25, -0.2) is 14.2 Å². The summed E-state index contributed by atoms with van der Waals surface area (Å²) in [5.41, 5.74) is 2.62. The van der Waals surface area contributed by atoms with E-state index in [1.165, 1.54) is 6.07 Å². The van der Waals surface area contributed by atoms with Crippen LogP contribution in [0.2, 0.25) is 0 Å². The summed E-state index contributed by atoms with van der Waals surface area (Å²) >= 11 is 0. The smallest absolute Gasteiger partial charge is 0.405 e. The van der Waals surface area contributed by atoms with E-state index in [4.69, 9.17) is 5.11 Å². The molecule has 1 fully saturated rings. The summed E-state index contributed by atoms with van der Waals surface area (Å²) in [4.78, 5) is 26.6. The minimum atomic E-state index is -1.10. The van der Waals surface area contributed by atoms with Gasteiger partial charge in [0.25, 0.3) is 0 Å². The fourth-order valence-electron chi connectivity index (χ4n) is 2.89. The van der Waals surface area contributed by atoms with E-state index in [9.17, 15) is 14.0 Å². The van der Waals surface area contributed by atoms with Crippen molar-refractivity contribution in [3.05, 3.63) is 47.4 Å². The highest BCUT2D eigenvalue weighted by atomic mass is 19.1. The molecule has 0 bridgehead atoms. The lowest BCUT2D eigenvalue weighted by Gasteiger charge is -2.16. The first kappa shape index (κ1) is 17.8. The third-order valence-corrected chi connectivity index (χ3v) is 4.44. The quantitative estimate of drug-likeness (QED) is 0.757. The predicted molar refractivity (Wildman–Crippen MR) is 95.3 cm³/mol. The number of benzene rings is 1. The van der Waals surface area contributed by atoms with Gasteiger partial charge in [0.05, 0.1) is 12.2 Å². The number of carbonyl (C=O) groups excluding carboxylic acids is 1. The van der Waals surface area contributed by atoms with Gasteiger partial charge in [-0.1, -0.05) is 18.2 Å². The van der Waals surface area contributed by atoms with Crippen molar-refractivity contribution in [2.45, 2.75) is 32.7 Å². The minimum absolute atomic E-state index is 0.0371. The molecule has 3 rings (SSSR count). The van der Waals surface area contributed by atoms with Gasteiger partial charge < -0.3 is 15.7 Å². The Morgan fingerprint density at radius 3 is 2.65 bits per heavy atom. The van der Waals surface area contributed by atoms with E-state index in [-0.39, 0.29) is 17.9 Å². The number of hydrogen-bond acceptors (Lipinski definition) is 3. The Labute approximate surface area is 150 Å². The van der Waals surface area contributed by atoms with E-state index < -0.39 is 11.9 Å². The molecule has 0 radical (unpaired) electrons. The molecule has 1 aromatic heterocycles. The number of rotatable bonds is 5. The molecular formula is C19H20FN3O3. The zero-order chi connectivity index (χ0) is 18.8. The van der Waals surface area contributed by atoms with Crippen LogP contribution in [-0.4, -0.2) is 22.1 Å². The van der Waals surface area contributed by atoms with Gasteiger partial charge in [0.1, 0.15) is 11.6 Å². The summed E-state index contributed by atoms with van der Waals surface area (Å²) in [7, 11) is 0. The largest absolute Gasteiger partial charge is 0.465 e. The van der Waals surface area contributed by atoms with E-state index in [1.807, 2.05) is 6.92 Å². The van der Waals surface area contributed by atoms with Gasteiger partial charge in [0.2, 0.25) is 5.91 Å². The van der Waals surface area contributed by atoms with Crippen molar-refractivity contribution in [3.8, 4) is 11.1 Å². The summed E-state index contributed by atoms with van der Waals surface area (Å²) < 4.78 is 14.3. The number of amides is 2. The zero-order valence-electron chi connectivity index (χ0n) is 14.5. The number of hydrogen-bond donors (Lipinski definition) is 3. The molecule has 2 amide bonds. The maximum Gasteiger partial charge on any atom is 0.405 e. The highest BCUT2D eigenvalue weighted by Gasteiger charge is 2.29. The van der Waals surface area contributed by atoms with E-state index in [0.29, 0.717) is 16.9 Å². The van der Waals surface area contributed by atoms with Gasteiger partial charge in [0, 0.05) is 11.5 Å². The van der Waals surface area contributed by atoms with Crippen molar-refractivity contribution in [1.29, 1.82) is 0 Å². The highest BCUT2D eigenvalue weighted by Crippen LogP contribution is 2.31. The third-order valence-electron chi connectivity index (χ3n) is 4.44. The molecule has 0 aliphatic heterocycles. The van der Waals surface area contributed by atoms with Crippen LogP contribution in [0.5, 0.6) is 0 Å². The lowest BCUT2D eigenvalue weighted by atomic mass is 9.97. The molecule has 26 heavy (non-hydrogen) atoms. The van der Waals surface area contributed by atoms with Gasteiger partial charge in [-0.15, -0.1) is 0 Å². The second kappa shape index (κ2) is 7.11. The van der Waals surface area contributed by atoms with Gasteiger partial charge in [0.15, 0.2) is 0 Å². The summed E-state index contributed by atoms with van der Waals surface area (Å²) in [6.45, 7) is 3.59. The van der Waals surface area contributed by atoms with E-state index in [1.54, 1.807) is 25.1 Å². The van der Waals surface area contributed by atoms with E-state index >= 15 is 0 Å². The SMILES string of the molecule is Cc1cc(-c2cc(NC(=O)C3CC3)ncc2F)ccc1[C@@H](C)NC(=O)O. The number of pyridine rings is 1. The number of anilines is 1. The van der Waals surface area contributed by atoms with Crippen LogP contribution in [0.25, 0.3) is 11.1 Å². The maximum absolute atomic E-state index is 14.3. The number of carboxylic acid groups (broad SMARTS) is 1. The second-order valence-electron chi connectivity index (χ2n) is 6.56. The van der Waals surface area contributed by atoms with Gasteiger partial charge in [-0.05, 0) is 49.4 Å². The number of nitrogens with one attached hydrogen (secondary N) is 2. The predicted octanol–water partition coefficient (Wildman–Crippen LogP) is 3.87. The molecule has 1 atom stereocenters. The molecule has 1 heterocycles. The van der Waals surface area contributed by atoms with Gasteiger partial charge in [-0.3, -0.25) is 4.79 Å². The van der Waals surface area contributed by atoms with Crippen molar-refractivity contribution in [2.75, 3.05) is 5.32 Å². The molecule has 7 heteroatoms. The van der Waals surface area contributed by atoms with Crippen LogP contribution in [0.1, 0.15) is 36.9 Å². The van der Waals surface area contributed by atoms with Crippen molar-refractivity contribution in [2.24, 2.45) is 5.92 Å². The Bertz CT molecular complexity index is 865. The van der Waals surface area contributed by atoms with Gasteiger partial charge >= 0.3 is 6.09 Å². The fraction of sp³-hybridized carbons (Fsp3) is 0.316. The van der Waals surface area contributed by atoms with Crippen molar-refractivity contribution in [1.82, 2.24) is 10.3 Å². The van der Waals surface area contributed by atoms with Crippen molar-refractivity contribution in [3.63, 3.8) is 0 Å². The topological polar surface area (TPSA) is 91.3 Å². The Kier molecular flexibility index (Phi) is 4.88. The maximum atomic E-state index is 14.3. The number of aryl methyl sites for hydroxylation is 1. The molecule has 1 saturated carbocycles. The fourth-order valence-corrected chi connectivity index (χ4v) is 2.89. The molecule has 1 aliphatic carbocycles. The highest BCUT2D eigenvalue weighted by molar-refractivity contribution is 5.93. The molecular weight excluding hydrogens is 337 g/mol.